The third-order valence-electron chi connectivity index (χ3n) is 3.18. The predicted molar refractivity (Wildman–Crippen MR) is 61.5 cm³/mol. The molecular formula is C11H23N3O. The third-order valence-corrected chi connectivity index (χ3v) is 3.18. The van der Waals surface area contributed by atoms with Crippen molar-refractivity contribution in [3.8, 4) is 0 Å². The molecule has 1 saturated carbocycles. The highest BCUT2D eigenvalue weighted by Crippen LogP contribution is 2.24. The van der Waals surface area contributed by atoms with Crippen molar-refractivity contribution in [2.45, 2.75) is 44.7 Å². The number of hydrogen-bond donors (Lipinski definition) is 2. The van der Waals surface area contributed by atoms with Crippen molar-refractivity contribution in [3.63, 3.8) is 0 Å². The molecule has 3 N–H and O–H groups in total. The first-order chi connectivity index (χ1) is 6.98. The predicted octanol–water partition coefficient (Wildman–Crippen LogP) is 0.324. The highest BCUT2D eigenvalue weighted by molar-refractivity contribution is 5.84. The number of amides is 1. The molecule has 0 spiro atoms. The summed E-state index contributed by atoms with van der Waals surface area (Å²) in [6.07, 6.45) is 3.13. The topological polar surface area (TPSA) is 58.4 Å². The highest BCUT2D eigenvalue weighted by atomic mass is 16.1. The standard InChI is InChI=1S/C11H23N3O/c1-4-14(3)8-7-11(2,10(12)15)13-9-5-6-9/h9,13H,4-8H2,1-3H3,(H2,12,15). The first-order valence-electron chi connectivity index (χ1n) is 5.74. The minimum absolute atomic E-state index is 0.237. The molecule has 4 heteroatoms. The van der Waals surface area contributed by atoms with E-state index in [0.29, 0.717) is 6.04 Å². The molecule has 4 nitrogen and oxygen atoms in total. The molecule has 0 aliphatic heterocycles. The molecule has 88 valence electrons. The molecular weight excluding hydrogens is 190 g/mol. The number of carbonyl (C=O) groups is 1. The number of nitrogens with zero attached hydrogens (tertiary/aromatic N) is 1. The van der Waals surface area contributed by atoms with Crippen LogP contribution in [-0.4, -0.2) is 42.5 Å². The minimum atomic E-state index is -0.537. The van der Waals surface area contributed by atoms with Gasteiger partial charge in [-0.1, -0.05) is 6.92 Å². The molecule has 0 radical (unpaired) electrons. The molecule has 0 heterocycles. The smallest absolute Gasteiger partial charge is 0.237 e. The molecule has 1 aliphatic rings. The Hall–Kier alpha value is -0.610. The van der Waals surface area contributed by atoms with E-state index in [1.807, 2.05) is 6.92 Å². The Bertz CT molecular complexity index is 228. The minimum Gasteiger partial charge on any atom is -0.368 e. The highest BCUT2D eigenvalue weighted by Gasteiger charge is 2.36. The summed E-state index contributed by atoms with van der Waals surface area (Å²) in [6.45, 7) is 5.92. The molecule has 0 aromatic carbocycles. The van der Waals surface area contributed by atoms with E-state index in [1.165, 1.54) is 12.8 Å². The van der Waals surface area contributed by atoms with Crippen LogP contribution >= 0.6 is 0 Å². The van der Waals surface area contributed by atoms with Crippen molar-refractivity contribution >= 4 is 5.91 Å². The van der Waals surface area contributed by atoms with Crippen LogP contribution in [0.25, 0.3) is 0 Å². The van der Waals surface area contributed by atoms with E-state index in [-0.39, 0.29) is 5.91 Å². The third kappa shape index (κ3) is 3.80. The van der Waals surface area contributed by atoms with Gasteiger partial charge in [0.25, 0.3) is 0 Å². The maximum atomic E-state index is 11.4. The van der Waals surface area contributed by atoms with E-state index in [9.17, 15) is 4.79 Å². The molecule has 0 bridgehead atoms. The van der Waals surface area contributed by atoms with Crippen LogP contribution in [0.3, 0.4) is 0 Å². The summed E-state index contributed by atoms with van der Waals surface area (Å²) >= 11 is 0. The summed E-state index contributed by atoms with van der Waals surface area (Å²) in [5.74, 6) is -0.237. The van der Waals surface area contributed by atoms with E-state index in [2.05, 4.69) is 24.2 Å². The number of nitrogens with two attached hydrogens (primary N) is 1. The molecule has 1 unspecified atom stereocenters. The van der Waals surface area contributed by atoms with Gasteiger partial charge in [0, 0.05) is 12.6 Å². The van der Waals surface area contributed by atoms with Crippen molar-refractivity contribution in [2.75, 3.05) is 20.1 Å². The van der Waals surface area contributed by atoms with Gasteiger partial charge in [0.05, 0.1) is 5.54 Å². The lowest BCUT2D eigenvalue weighted by Crippen LogP contribution is -2.55. The summed E-state index contributed by atoms with van der Waals surface area (Å²) in [5.41, 5.74) is 4.92. The van der Waals surface area contributed by atoms with Crippen molar-refractivity contribution in [1.82, 2.24) is 10.2 Å². The summed E-state index contributed by atoms with van der Waals surface area (Å²) < 4.78 is 0. The molecule has 0 aromatic rings. The molecule has 0 aromatic heterocycles. The lowest BCUT2D eigenvalue weighted by molar-refractivity contribution is -0.124. The average molecular weight is 213 g/mol. The fraction of sp³-hybridized carbons (Fsp3) is 0.909. The molecule has 1 atom stereocenters. The average Bonchev–Trinajstić information content (AvgIpc) is 2.97. The van der Waals surface area contributed by atoms with E-state index >= 15 is 0 Å². The van der Waals surface area contributed by atoms with Crippen LogP contribution in [0, 0.1) is 0 Å². The van der Waals surface area contributed by atoms with Crippen LogP contribution in [-0.2, 0) is 4.79 Å². The first kappa shape index (κ1) is 12.5. The van der Waals surface area contributed by atoms with E-state index in [4.69, 9.17) is 5.73 Å². The van der Waals surface area contributed by atoms with Gasteiger partial charge in [-0.25, -0.2) is 0 Å². The number of carbonyl (C=O) groups excluding carboxylic acids is 1. The van der Waals surface area contributed by atoms with Crippen LogP contribution in [0.5, 0.6) is 0 Å². The second kappa shape index (κ2) is 4.94. The van der Waals surface area contributed by atoms with E-state index in [1.54, 1.807) is 0 Å². The second-order valence-electron chi connectivity index (χ2n) is 4.76. The Morgan fingerprint density at radius 1 is 1.60 bits per heavy atom. The van der Waals surface area contributed by atoms with E-state index in [0.717, 1.165) is 19.5 Å². The lowest BCUT2D eigenvalue weighted by atomic mass is 9.96. The second-order valence-corrected chi connectivity index (χ2v) is 4.76. The Kier molecular flexibility index (Phi) is 4.11. The monoisotopic (exact) mass is 213 g/mol. The van der Waals surface area contributed by atoms with Gasteiger partial charge in [0.15, 0.2) is 0 Å². The van der Waals surface area contributed by atoms with Gasteiger partial charge in [0.1, 0.15) is 0 Å². The summed E-state index contributed by atoms with van der Waals surface area (Å²) in [5, 5.41) is 3.35. The quantitative estimate of drug-likeness (QED) is 0.640. The molecule has 1 fully saturated rings. The molecule has 0 saturated heterocycles. The summed E-state index contributed by atoms with van der Waals surface area (Å²) in [4.78, 5) is 13.6. The molecule has 1 amide bonds. The van der Waals surface area contributed by atoms with Crippen molar-refractivity contribution in [2.24, 2.45) is 5.73 Å². The number of rotatable bonds is 7. The first-order valence-corrected chi connectivity index (χ1v) is 5.74. The maximum absolute atomic E-state index is 11.4. The lowest BCUT2D eigenvalue weighted by Gasteiger charge is -2.29. The zero-order valence-corrected chi connectivity index (χ0v) is 10.0. The Balaban J connectivity index is 2.44. The normalized spacial score (nSPS) is 20.3. The Morgan fingerprint density at radius 3 is 2.60 bits per heavy atom. The van der Waals surface area contributed by atoms with Crippen LogP contribution in [0.15, 0.2) is 0 Å². The fourth-order valence-electron chi connectivity index (χ4n) is 1.52. The Morgan fingerprint density at radius 2 is 2.20 bits per heavy atom. The fourth-order valence-corrected chi connectivity index (χ4v) is 1.52. The maximum Gasteiger partial charge on any atom is 0.237 e. The SMILES string of the molecule is CCN(C)CCC(C)(NC1CC1)C(N)=O. The number of primary amides is 1. The number of hydrogen-bond acceptors (Lipinski definition) is 3. The van der Waals surface area contributed by atoms with Gasteiger partial charge in [-0.15, -0.1) is 0 Å². The van der Waals surface area contributed by atoms with Gasteiger partial charge in [-0.05, 0) is 39.8 Å². The zero-order valence-electron chi connectivity index (χ0n) is 10.0. The van der Waals surface area contributed by atoms with Crippen LogP contribution in [0.2, 0.25) is 0 Å². The van der Waals surface area contributed by atoms with Gasteiger partial charge in [0.2, 0.25) is 5.91 Å². The van der Waals surface area contributed by atoms with Crippen molar-refractivity contribution in [3.05, 3.63) is 0 Å². The summed E-state index contributed by atoms with van der Waals surface area (Å²) in [7, 11) is 2.05. The summed E-state index contributed by atoms with van der Waals surface area (Å²) in [6, 6.07) is 0.509. The largest absolute Gasteiger partial charge is 0.368 e. The van der Waals surface area contributed by atoms with Crippen LogP contribution in [0.1, 0.15) is 33.1 Å². The number of nitrogens with one attached hydrogen (secondary N) is 1. The van der Waals surface area contributed by atoms with Crippen LogP contribution < -0.4 is 11.1 Å². The molecule has 15 heavy (non-hydrogen) atoms. The zero-order chi connectivity index (χ0) is 11.5. The molecule has 1 aliphatic carbocycles. The van der Waals surface area contributed by atoms with Gasteiger partial charge in [-0.2, -0.15) is 0 Å². The van der Waals surface area contributed by atoms with E-state index < -0.39 is 5.54 Å². The van der Waals surface area contributed by atoms with Gasteiger partial charge < -0.3 is 16.0 Å². The Labute approximate surface area is 92.2 Å². The molecule has 1 rings (SSSR count). The van der Waals surface area contributed by atoms with Crippen molar-refractivity contribution < 1.29 is 4.79 Å². The van der Waals surface area contributed by atoms with Gasteiger partial charge >= 0.3 is 0 Å². The van der Waals surface area contributed by atoms with Crippen molar-refractivity contribution in [1.29, 1.82) is 0 Å². The van der Waals surface area contributed by atoms with Crippen LogP contribution in [0.4, 0.5) is 0 Å². The van der Waals surface area contributed by atoms with Gasteiger partial charge in [-0.3, -0.25) is 4.79 Å².